The fraction of sp³-hybridized carbons (Fsp3) is 0.429. The number of amides is 1. The number of nitrogens with zero attached hydrogens (tertiary/aromatic N) is 2. The van der Waals surface area contributed by atoms with Gasteiger partial charge in [0.25, 0.3) is 5.91 Å². The zero-order chi connectivity index (χ0) is 25.1. The quantitative estimate of drug-likeness (QED) is 0.380. The molecule has 5 rings (SSSR count). The second-order valence-corrected chi connectivity index (χ2v) is 11.9. The van der Waals surface area contributed by atoms with Crippen LogP contribution in [0.4, 0.5) is 0 Å². The molecule has 1 aromatic heterocycles. The van der Waals surface area contributed by atoms with E-state index in [0.717, 1.165) is 34.3 Å². The summed E-state index contributed by atoms with van der Waals surface area (Å²) in [5, 5.41) is 15.0. The lowest BCUT2D eigenvalue weighted by Gasteiger charge is -2.37. The molecule has 4 atom stereocenters. The zero-order valence-corrected chi connectivity index (χ0v) is 22.8. The van der Waals surface area contributed by atoms with Crippen molar-refractivity contribution in [3.63, 3.8) is 0 Å². The maximum absolute atomic E-state index is 13.7. The highest BCUT2D eigenvalue weighted by Crippen LogP contribution is 2.65. The van der Waals surface area contributed by atoms with Crippen molar-refractivity contribution >= 4 is 33.4 Å². The Morgan fingerprint density at radius 2 is 1.89 bits per heavy atom. The van der Waals surface area contributed by atoms with Gasteiger partial charge in [-0.25, -0.2) is 4.98 Å². The molecule has 2 aliphatic rings. The molecule has 0 saturated heterocycles. The summed E-state index contributed by atoms with van der Waals surface area (Å²) in [5.74, 6) is 0.607. The zero-order valence-electron chi connectivity index (χ0n) is 20.5. The number of fused-ring (bicyclic) bond motifs is 2. The van der Waals surface area contributed by atoms with Gasteiger partial charge in [0.15, 0.2) is 0 Å². The van der Waals surface area contributed by atoms with Crippen molar-refractivity contribution in [3.05, 3.63) is 69.4 Å². The molecule has 2 fully saturated rings. The first-order valence-corrected chi connectivity index (χ1v) is 13.4. The Hall–Kier alpha value is -2.15. The number of rotatable bonds is 5. The molecular formula is C28H31BrClN3O2. The van der Waals surface area contributed by atoms with Crippen LogP contribution in [0.1, 0.15) is 56.7 Å². The topological polar surface area (TPSA) is 67.2 Å². The molecular weight excluding hydrogens is 526 g/mol. The number of carbonyl (C=O) groups excluding carboxylic acids is 1. The van der Waals surface area contributed by atoms with E-state index in [1.54, 1.807) is 0 Å². The molecule has 0 spiro atoms. The molecule has 2 N–H and O–H groups in total. The highest BCUT2D eigenvalue weighted by atomic mass is 79.9. The van der Waals surface area contributed by atoms with E-state index in [1.807, 2.05) is 60.0 Å². The molecule has 0 aliphatic heterocycles. The van der Waals surface area contributed by atoms with Gasteiger partial charge < -0.3 is 10.4 Å². The summed E-state index contributed by atoms with van der Waals surface area (Å²) in [4.78, 5) is 18.6. The lowest BCUT2D eigenvalue weighted by atomic mass is 9.70. The lowest BCUT2D eigenvalue weighted by molar-refractivity contribution is 0.000457. The fourth-order valence-corrected chi connectivity index (χ4v) is 6.87. The van der Waals surface area contributed by atoms with Crippen LogP contribution in [0.15, 0.2) is 53.0 Å². The van der Waals surface area contributed by atoms with Crippen LogP contribution in [0.3, 0.4) is 0 Å². The number of hydrogen-bond acceptors (Lipinski definition) is 3. The van der Waals surface area contributed by atoms with Gasteiger partial charge in [0.2, 0.25) is 0 Å². The van der Waals surface area contributed by atoms with Crippen molar-refractivity contribution in [2.45, 2.75) is 59.1 Å². The van der Waals surface area contributed by atoms with Crippen molar-refractivity contribution in [1.82, 2.24) is 14.9 Å². The first kappa shape index (κ1) is 24.5. The predicted octanol–water partition coefficient (Wildman–Crippen LogP) is 6.43. The third-order valence-corrected chi connectivity index (χ3v) is 9.68. The molecule has 0 unspecified atom stereocenters. The molecule has 2 aliphatic carbocycles. The highest BCUT2D eigenvalue weighted by Gasteiger charge is 2.66. The van der Waals surface area contributed by atoms with Crippen LogP contribution >= 0.6 is 27.5 Å². The molecule has 35 heavy (non-hydrogen) atoms. The third-order valence-electron chi connectivity index (χ3n) is 8.82. The number of carbonyl (C=O) groups is 1. The number of hydrogen-bond donors (Lipinski definition) is 2. The van der Waals surface area contributed by atoms with Crippen molar-refractivity contribution < 1.29 is 9.90 Å². The van der Waals surface area contributed by atoms with E-state index < -0.39 is 6.10 Å². The van der Waals surface area contributed by atoms with Crippen LogP contribution in [0.25, 0.3) is 17.1 Å². The average Bonchev–Trinajstić information content (AvgIpc) is 3.37. The Balaban J connectivity index is 1.60. The van der Waals surface area contributed by atoms with E-state index >= 15 is 0 Å². The second kappa shape index (κ2) is 8.75. The summed E-state index contributed by atoms with van der Waals surface area (Å²) < 4.78 is 2.99. The van der Waals surface area contributed by atoms with E-state index in [4.69, 9.17) is 16.6 Å². The molecule has 184 valence electrons. The molecule has 2 bridgehead atoms. The summed E-state index contributed by atoms with van der Waals surface area (Å²) in [5.41, 5.74) is 2.60. The van der Waals surface area contributed by atoms with E-state index in [9.17, 15) is 9.90 Å². The maximum atomic E-state index is 13.7. The van der Waals surface area contributed by atoms with Crippen LogP contribution in [0.5, 0.6) is 0 Å². The summed E-state index contributed by atoms with van der Waals surface area (Å²) in [6.07, 6.45) is 2.01. The Morgan fingerprint density at radius 1 is 1.20 bits per heavy atom. The summed E-state index contributed by atoms with van der Waals surface area (Å²) in [6.45, 7) is 8.61. The second-order valence-electron chi connectivity index (χ2n) is 10.6. The van der Waals surface area contributed by atoms with Crippen LogP contribution < -0.4 is 5.32 Å². The number of nitrogens with one attached hydrogen (secondary N) is 1. The van der Waals surface area contributed by atoms with Gasteiger partial charge in [-0.1, -0.05) is 67.4 Å². The minimum absolute atomic E-state index is 0.0442. The molecule has 1 amide bonds. The molecule has 0 radical (unpaired) electrons. The first-order chi connectivity index (χ1) is 16.6. The number of aliphatic hydroxyl groups excluding tert-OH is 1. The predicted molar refractivity (Wildman–Crippen MR) is 143 cm³/mol. The number of benzene rings is 2. The third kappa shape index (κ3) is 3.68. The summed E-state index contributed by atoms with van der Waals surface area (Å²) in [6, 6.07) is 15.2. The normalized spacial score (nSPS) is 26.8. The monoisotopic (exact) mass is 555 g/mol. The Bertz CT molecular complexity index is 1290. The van der Waals surface area contributed by atoms with Crippen LogP contribution in [-0.4, -0.2) is 32.7 Å². The highest BCUT2D eigenvalue weighted by molar-refractivity contribution is 9.10. The molecule has 2 saturated carbocycles. The van der Waals surface area contributed by atoms with Gasteiger partial charge >= 0.3 is 0 Å². The van der Waals surface area contributed by atoms with Crippen molar-refractivity contribution in [2.24, 2.45) is 16.7 Å². The molecule has 2 aromatic carbocycles. The molecule has 3 aromatic rings. The van der Waals surface area contributed by atoms with Gasteiger partial charge in [-0.3, -0.25) is 9.36 Å². The Morgan fingerprint density at radius 3 is 2.49 bits per heavy atom. The van der Waals surface area contributed by atoms with E-state index in [2.05, 4.69) is 42.0 Å². The van der Waals surface area contributed by atoms with E-state index in [-0.39, 0.29) is 28.7 Å². The molecule has 1 heterocycles. The number of imidazole rings is 1. The number of aliphatic hydroxyl groups is 1. The van der Waals surface area contributed by atoms with Gasteiger partial charge in [-0.15, -0.1) is 0 Å². The van der Waals surface area contributed by atoms with Crippen molar-refractivity contribution in [1.29, 1.82) is 0 Å². The van der Waals surface area contributed by atoms with E-state index in [1.165, 1.54) is 0 Å². The van der Waals surface area contributed by atoms with Gasteiger partial charge in [-0.2, -0.15) is 0 Å². The van der Waals surface area contributed by atoms with Crippen LogP contribution in [0, 0.1) is 16.7 Å². The SMILES string of the molecule is CCc1c(C(=O)N[C@H]2[C@H]3CC[C@](C)([C@@H]2O)C3(C)C)nc(-c2ccccc2Cl)n1-c1ccc(Br)cc1. The van der Waals surface area contributed by atoms with E-state index in [0.29, 0.717) is 23.0 Å². The summed E-state index contributed by atoms with van der Waals surface area (Å²) in [7, 11) is 0. The van der Waals surface area contributed by atoms with Gasteiger partial charge in [0.1, 0.15) is 11.5 Å². The van der Waals surface area contributed by atoms with Gasteiger partial charge in [-0.05, 0) is 67.0 Å². The fourth-order valence-electron chi connectivity index (χ4n) is 6.39. The lowest BCUT2D eigenvalue weighted by Crippen LogP contribution is -2.49. The smallest absolute Gasteiger partial charge is 0.272 e. The molecule has 5 nitrogen and oxygen atoms in total. The van der Waals surface area contributed by atoms with Gasteiger partial charge in [0, 0.05) is 21.1 Å². The maximum Gasteiger partial charge on any atom is 0.272 e. The minimum atomic E-state index is -0.582. The van der Waals surface area contributed by atoms with Gasteiger partial charge in [0.05, 0.1) is 22.9 Å². The standard InChI is InChI=1S/C28H31BrClN3O2/c1-5-21-23(26(35)32-22-19-14-15-28(4,24(22)34)27(19,2)3)31-25(18-8-6-7-9-20(18)30)33(21)17-12-10-16(29)11-13-17/h6-13,19,22,24,34H,5,14-15H2,1-4H3,(H,32,35)/t19-,22+,24-,28-/m1/s1. The van der Waals surface area contributed by atoms with Crippen LogP contribution in [0.2, 0.25) is 5.02 Å². The number of aromatic nitrogens is 2. The Kier molecular flexibility index (Phi) is 6.14. The Labute approximate surface area is 220 Å². The first-order valence-electron chi connectivity index (χ1n) is 12.2. The molecule has 7 heteroatoms. The average molecular weight is 557 g/mol. The minimum Gasteiger partial charge on any atom is -0.390 e. The van der Waals surface area contributed by atoms with Crippen LogP contribution in [-0.2, 0) is 6.42 Å². The van der Waals surface area contributed by atoms with Crippen molar-refractivity contribution in [3.8, 4) is 17.1 Å². The number of halogens is 2. The largest absolute Gasteiger partial charge is 0.390 e. The summed E-state index contributed by atoms with van der Waals surface area (Å²) >= 11 is 10.1. The van der Waals surface area contributed by atoms with Crippen molar-refractivity contribution in [2.75, 3.05) is 0 Å².